The van der Waals surface area contributed by atoms with Crippen molar-refractivity contribution in [1.29, 1.82) is 0 Å². The maximum Gasteiger partial charge on any atom is 0.243 e. The highest BCUT2D eigenvalue weighted by atomic mass is 32.2. The third-order valence-electron chi connectivity index (χ3n) is 5.56. The number of sulfonamides is 1. The third-order valence-corrected chi connectivity index (χ3v) is 7.60. The van der Waals surface area contributed by atoms with Crippen LogP contribution in [0.5, 0.6) is 0 Å². The number of piperazine rings is 1. The summed E-state index contributed by atoms with van der Waals surface area (Å²) in [6.45, 7) is 4.51. The summed E-state index contributed by atoms with van der Waals surface area (Å²) < 4.78 is 27.4. The molecule has 0 radical (unpaired) electrons. The Bertz CT molecular complexity index is 901. The molecule has 1 heterocycles. The van der Waals surface area contributed by atoms with E-state index in [1.54, 1.807) is 30.0 Å². The van der Waals surface area contributed by atoms with Crippen molar-refractivity contribution in [1.82, 2.24) is 9.21 Å². The van der Waals surface area contributed by atoms with Gasteiger partial charge in [-0.05, 0) is 43.9 Å². The Morgan fingerprint density at radius 3 is 2.21 bits per heavy atom. The van der Waals surface area contributed by atoms with E-state index in [2.05, 4.69) is 0 Å². The zero-order valence-electron chi connectivity index (χ0n) is 16.1. The van der Waals surface area contributed by atoms with Gasteiger partial charge in [0.1, 0.15) is 0 Å². The SMILES string of the molecule is Cc1ccc(C)c(S(=O)(=O)N2CCN(C(=O)[C@H]3CC=CC[C@H]3C(=O)[O-])CC2)c1. The smallest absolute Gasteiger partial charge is 0.243 e. The van der Waals surface area contributed by atoms with Crippen molar-refractivity contribution < 1.29 is 23.1 Å². The molecule has 0 spiro atoms. The fourth-order valence-electron chi connectivity index (χ4n) is 3.86. The van der Waals surface area contributed by atoms with E-state index in [0.717, 1.165) is 5.56 Å². The van der Waals surface area contributed by atoms with Crippen LogP contribution in [0, 0.1) is 25.7 Å². The van der Waals surface area contributed by atoms with Gasteiger partial charge in [0.05, 0.1) is 4.90 Å². The molecular formula is C20H25N2O5S-. The lowest BCUT2D eigenvalue weighted by Gasteiger charge is -2.38. The summed E-state index contributed by atoms with van der Waals surface area (Å²) in [6, 6.07) is 5.33. The predicted octanol–water partition coefficient (Wildman–Crippen LogP) is 0.469. The van der Waals surface area contributed by atoms with Crippen LogP contribution in [0.2, 0.25) is 0 Å². The van der Waals surface area contributed by atoms with Crippen LogP contribution in [-0.2, 0) is 19.6 Å². The molecule has 1 fully saturated rings. The van der Waals surface area contributed by atoms with E-state index in [1.807, 2.05) is 19.1 Å². The van der Waals surface area contributed by atoms with Crippen molar-refractivity contribution in [2.75, 3.05) is 26.2 Å². The van der Waals surface area contributed by atoms with Gasteiger partial charge in [-0.1, -0.05) is 24.3 Å². The van der Waals surface area contributed by atoms with Crippen LogP contribution in [0.4, 0.5) is 0 Å². The van der Waals surface area contributed by atoms with Crippen LogP contribution in [0.15, 0.2) is 35.2 Å². The van der Waals surface area contributed by atoms with E-state index in [-0.39, 0.29) is 32.1 Å². The number of amides is 1. The number of carbonyl (C=O) groups excluding carboxylic acids is 2. The maximum atomic E-state index is 13.0. The van der Waals surface area contributed by atoms with E-state index in [4.69, 9.17) is 0 Å². The number of aliphatic carboxylic acids is 1. The number of hydrogen-bond donors (Lipinski definition) is 0. The Morgan fingerprint density at radius 1 is 1.00 bits per heavy atom. The minimum atomic E-state index is -3.63. The molecule has 1 amide bonds. The Balaban J connectivity index is 1.70. The Hall–Kier alpha value is -2.19. The number of benzene rings is 1. The van der Waals surface area contributed by atoms with Crippen LogP contribution in [0.1, 0.15) is 24.0 Å². The highest BCUT2D eigenvalue weighted by Crippen LogP contribution is 2.28. The van der Waals surface area contributed by atoms with E-state index < -0.39 is 27.8 Å². The first kappa shape index (κ1) is 20.5. The number of allylic oxidation sites excluding steroid dienone is 2. The molecule has 152 valence electrons. The molecule has 1 aliphatic heterocycles. The van der Waals surface area contributed by atoms with Gasteiger partial charge in [-0.25, -0.2) is 8.42 Å². The number of nitrogens with zero attached hydrogens (tertiary/aromatic N) is 2. The fraction of sp³-hybridized carbons (Fsp3) is 0.500. The van der Waals surface area contributed by atoms with Gasteiger partial charge >= 0.3 is 0 Å². The summed E-state index contributed by atoms with van der Waals surface area (Å²) in [5.74, 6) is -2.91. The molecule has 1 aromatic rings. The van der Waals surface area contributed by atoms with Gasteiger partial charge < -0.3 is 14.8 Å². The Morgan fingerprint density at radius 2 is 1.61 bits per heavy atom. The third kappa shape index (κ3) is 3.98. The molecule has 1 saturated heterocycles. The molecule has 1 aliphatic carbocycles. The van der Waals surface area contributed by atoms with E-state index in [9.17, 15) is 23.1 Å². The highest BCUT2D eigenvalue weighted by molar-refractivity contribution is 7.89. The average molecular weight is 405 g/mol. The standard InChI is InChI=1S/C20H26N2O5S/c1-14-7-8-15(2)18(13-14)28(26,27)22-11-9-21(10-12-22)19(23)16-5-3-4-6-17(16)20(24)25/h3-4,7-8,13,16-17H,5-6,9-12H2,1-2H3,(H,24,25)/p-1/t16-,17+/m0/s1. The lowest BCUT2D eigenvalue weighted by Crippen LogP contribution is -2.53. The fourth-order valence-corrected chi connectivity index (χ4v) is 5.59. The molecule has 0 bridgehead atoms. The number of hydrogen-bond acceptors (Lipinski definition) is 5. The Labute approximate surface area is 165 Å². The number of carbonyl (C=O) groups is 2. The van der Waals surface area contributed by atoms with E-state index >= 15 is 0 Å². The van der Waals surface area contributed by atoms with Gasteiger partial charge in [0, 0.05) is 44.0 Å². The second-order valence-electron chi connectivity index (χ2n) is 7.47. The van der Waals surface area contributed by atoms with Crippen molar-refractivity contribution in [2.24, 2.45) is 11.8 Å². The van der Waals surface area contributed by atoms with Gasteiger partial charge in [-0.3, -0.25) is 4.79 Å². The molecular weight excluding hydrogens is 380 g/mol. The topological polar surface area (TPSA) is 97.8 Å². The van der Waals surface area contributed by atoms with Gasteiger partial charge in [-0.15, -0.1) is 0 Å². The number of carboxylic acids is 1. The van der Waals surface area contributed by atoms with Gasteiger partial charge in [0.15, 0.2) is 0 Å². The van der Waals surface area contributed by atoms with Gasteiger partial charge in [-0.2, -0.15) is 4.31 Å². The summed E-state index contributed by atoms with van der Waals surface area (Å²) in [5, 5.41) is 11.3. The molecule has 0 unspecified atom stereocenters. The second kappa shape index (κ2) is 8.05. The molecule has 0 saturated carbocycles. The van der Waals surface area contributed by atoms with Crippen molar-refractivity contribution in [2.45, 2.75) is 31.6 Å². The van der Waals surface area contributed by atoms with Crippen molar-refractivity contribution in [3.05, 3.63) is 41.5 Å². The van der Waals surface area contributed by atoms with Crippen LogP contribution in [0.25, 0.3) is 0 Å². The summed E-state index contributed by atoms with van der Waals surface area (Å²) in [5.41, 5.74) is 1.56. The molecule has 2 atom stereocenters. The van der Waals surface area contributed by atoms with Gasteiger partial charge in [0.25, 0.3) is 0 Å². The summed E-state index contributed by atoms with van der Waals surface area (Å²) in [4.78, 5) is 26.0. The highest BCUT2D eigenvalue weighted by Gasteiger charge is 2.36. The lowest BCUT2D eigenvalue weighted by atomic mass is 9.82. The number of aryl methyl sites for hydroxylation is 2. The number of carboxylic acid groups (broad SMARTS) is 1. The first-order valence-corrected chi connectivity index (χ1v) is 10.9. The van der Waals surface area contributed by atoms with E-state index in [1.165, 1.54) is 4.31 Å². The molecule has 1 aromatic carbocycles. The summed E-state index contributed by atoms with van der Waals surface area (Å²) in [7, 11) is -3.63. The molecule has 7 nitrogen and oxygen atoms in total. The van der Waals surface area contributed by atoms with Crippen LogP contribution < -0.4 is 5.11 Å². The predicted molar refractivity (Wildman–Crippen MR) is 102 cm³/mol. The van der Waals surface area contributed by atoms with Crippen molar-refractivity contribution >= 4 is 21.9 Å². The molecule has 3 rings (SSSR count). The lowest BCUT2D eigenvalue weighted by molar-refractivity contribution is -0.313. The average Bonchev–Trinajstić information content (AvgIpc) is 2.69. The summed E-state index contributed by atoms with van der Waals surface area (Å²) >= 11 is 0. The van der Waals surface area contributed by atoms with Crippen LogP contribution >= 0.6 is 0 Å². The molecule has 0 N–H and O–H groups in total. The maximum absolute atomic E-state index is 13.0. The monoisotopic (exact) mass is 405 g/mol. The molecule has 28 heavy (non-hydrogen) atoms. The zero-order chi connectivity index (χ0) is 20.5. The minimum Gasteiger partial charge on any atom is -0.550 e. The quantitative estimate of drug-likeness (QED) is 0.678. The molecule has 2 aliphatic rings. The van der Waals surface area contributed by atoms with Crippen LogP contribution in [-0.4, -0.2) is 55.7 Å². The first-order valence-electron chi connectivity index (χ1n) is 9.44. The van der Waals surface area contributed by atoms with Crippen molar-refractivity contribution in [3.63, 3.8) is 0 Å². The Kier molecular flexibility index (Phi) is 5.90. The molecule has 8 heteroatoms. The number of rotatable bonds is 4. The largest absolute Gasteiger partial charge is 0.550 e. The molecule has 0 aromatic heterocycles. The first-order chi connectivity index (χ1) is 13.2. The van der Waals surface area contributed by atoms with Crippen molar-refractivity contribution in [3.8, 4) is 0 Å². The minimum absolute atomic E-state index is 0.194. The summed E-state index contributed by atoms with van der Waals surface area (Å²) in [6.07, 6.45) is 4.25. The second-order valence-corrected chi connectivity index (χ2v) is 9.38. The zero-order valence-corrected chi connectivity index (χ0v) is 16.9. The van der Waals surface area contributed by atoms with Crippen LogP contribution in [0.3, 0.4) is 0 Å². The normalized spacial score (nSPS) is 23.6. The van der Waals surface area contributed by atoms with E-state index in [0.29, 0.717) is 23.3 Å². The van der Waals surface area contributed by atoms with Gasteiger partial charge in [0.2, 0.25) is 15.9 Å².